The van der Waals surface area contributed by atoms with Crippen LogP contribution in [-0.4, -0.2) is 22.8 Å². The van der Waals surface area contributed by atoms with Gasteiger partial charge in [-0.1, -0.05) is 21.8 Å². The van der Waals surface area contributed by atoms with Gasteiger partial charge in [-0.05, 0) is 50.1 Å². The van der Waals surface area contributed by atoms with Crippen LogP contribution in [0.3, 0.4) is 0 Å². The molecule has 136 valence electrons. The fourth-order valence-electron chi connectivity index (χ4n) is 3.16. The van der Waals surface area contributed by atoms with Gasteiger partial charge in [-0.3, -0.25) is 0 Å². The molecule has 0 unspecified atom stereocenters. The monoisotopic (exact) mass is 364 g/mol. The first-order chi connectivity index (χ1) is 13.1. The summed E-state index contributed by atoms with van der Waals surface area (Å²) in [5.74, 6) is 1.21. The number of hydrogen-bond donors (Lipinski definition) is 0. The van der Waals surface area contributed by atoms with Crippen LogP contribution in [0.2, 0.25) is 0 Å². The Bertz CT molecular complexity index is 1040. The van der Waals surface area contributed by atoms with Gasteiger partial charge in [0.2, 0.25) is 5.82 Å². The predicted octanol–water partition coefficient (Wildman–Crippen LogP) is 4.31. The molecule has 0 bridgehead atoms. The van der Waals surface area contributed by atoms with E-state index >= 15 is 0 Å². The van der Waals surface area contributed by atoms with Crippen molar-refractivity contribution in [3.8, 4) is 34.7 Å². The summed E-state index contributed by atoms with van der Waals surface area (Å²) in [6, 6.07) is 12.6. The molecule has 27 heavy (non-hydrogen) atoms. The van der Waals surface area contributed by atoms with Crippen molar-refractivity contribution < 1.29 is 13.7 Å². The lowest BCUT2D eigenvalue weighted by atomic mass is 10.0. The molecule has 3 aromatic rings. The first-order valence-corrected chi connectivity index (χ1v) is 8.67. The highest BCUT2D eigenvalue weighted by molar-refractivity contribution is 5.73. The van der Waals surface area contributed by atoms with Crippen LogP contribution in [0, 0.1) is 11.3 Å². The highest BCUT2D eigenvalue weighted by Gasteiger charge is 2.24. The summed E-state index contributed by atoms with van der Waals surface area (Å²) in [6.07, 6.45) is 0.555. The van der Waals surface area contributed by atoms with Crippen LogP contribution in [0.5, 0.6) is 5.75 Å². The van der Waals surface area contributed by atoms with Gasteiger partial charge in [0, 0.05) is 11.1 Å². The van der Waals surface area contributed by atoms with E-state index in [1.54, 1.807) is 30.3 Å². The number of ether oxygens (including phenoxy) is 1. The lowest BCUT2D eigenvalue weighted by Crippen LogP contribution is -2.06. The molecule has 7 heteroatoms. The molecule has 6 nitrogen and oxygen atoms in total. The third-order valence-electron chi connectivity index (χ3n) is 4.35. The largest absolute Gasteiger partial charge is 0.490 e. The lowest BCUT2D eigenvalue weighted by Gasteiger charge is -2.11. The molecule has 1 aliphatic rings. The highest BCUT2D eigenvalue weighted by Crippen LogP contribution is 2.36. The molecule has 0 atom stereocenters. The van der Waals surface area contributed by atoms with Gasteiger partial charge < -0.3 is 9.26 Å². The SMILES string of the molecule is CC(C)Oc1ccc(-c2nc(-c3cccc4c3CCN4F)no2)cc1C#N. The average Bonchev–Trinajstić information content (AvgIpc) is 3.29. The zero-order valence-corrected chi connectivity index (χ0v) is 14.9. The summed E-state index contributed by atoms with van der Waals surface area (Å²) in [4.78, 5) is 4.45. The number of halogens is 1. The van der Waals surface area contributed by atoms with Crippen LogP contribution >= 0.6 is 0 Å². The fourth-order valence-corrected chi connectivity index (χ4v) is 3.16. The Morgan fingerprint density at radius 2 is 2.15 bits per heavy atom. The van der Waals surface area contributed by atoms with E-state index in [1.165, 1.54) is 0 Å². The van der Waals surface area contributed by atoms with Gasteiger partial charge in [-0.15, -0.1) is 0 Å². The van der Waals surface area contributed by atoms with Gasteiger partial charge in [0.25, 0.3) is 5.89 Å². The first-order valence-electron chi connectivity index (χ1n) is 8.67. The Hall–Kier alpha value is -3.40. The topological polar surface area (TPSA) is 75.2 Å². The quantitative estimate of drug-likeness (QED) is 0.642. The van der Waals surface area contributed by atoms with Crippen LogP contribution in [-0.2, 0) is 6.42 Å². The van der Waals surface area contributed by atoms with Gasteiger partial charge in [-0.2, -0.15) is 10.2 Å². The number of nitriles is 1. The molecule has 0 fully saturated rings. The number of benzene rings is 2. The molecule has 0 spiro atoms. The third-order valence-corrected chi connectivity index (χ3v) is 4.35. The number of nitrogens with zero attached hydrogens (tertiary/aromatic N) is 4. The van der Waals surface area contributed by atoms with E-state index < -0.39 is 0 Å². The van der Waals surface area contributed by atoms with Crippen molar-refractivity contribution >= 4 is 5.69 Å². The van der Waals surface area contributed by atoms with Gasteiger partial charge in [0.15, 0.2) is 0 Å². The minimum absolute atomic E-state index is 0.0341. The zero-order valence-electron chi connectivity index (χ0n) is 14.9. The van der Waals surface area contributed by atoms with Crippen molar-refractivity contribution in [2.75, 3.05) is 11.7 Å². The van der Waals surface area contributed by atoms with E-state index in [2.05, 4.69) is 16.2 Å². The van der Waals surface area contributed by atoms with Crippen molar-refractivity contribution in [3.63, 3.8) is 0 Å². The Morgan fingerprint density at radius 1 is 1.30 bits per heavy atom. The van der Waals surface area contributed by atoms with E-state index in [4.69, 9.17) is 9.26 Å². The van der Waals surface area contributed by atoms with Crippen molar-refractivity contribution in [1.29, 1.82) is 5.26 Å². The molecule has 0 saturated heterocycles. The van der Waals surface area contributed by atoms with Crippen molar-refractivity contribution in [1.82, 2.24) is 10.1 Å². The maximum atomic E-state index is 13.8. The van der Waals surface area contributed by atoms with Crippen LogP contribution < -0.4 is 9.86 Å². The second-order valence-corrected chi connectivity index (χ2v) is 6.55. The second-order valence-electron chi connectivity index (χ2n) is 6.55. The van der Waals surface area contributed by atoms with E-state index in [1.807, 2.05) is 19.9 Å². The maximum Gasteiger partial charge on any atom is 0.258 e. The summed E-state index contributed by atoms with van der Waals surface area (Å²) < 4.78 is 24.8. The van der Waals surface area contributed by atoms with Crippen LogP contribution in [0.1, 0.15) is 25.0 Å². The average molecular weight is 364 g/mol. The van der Waals surface area contributed by atoms with E-state index in [9.17, 15) is 9.74 Å². The Balaban J connectivity index is 1.69. The summed E-state index contributed by atoms with van der Waals surface area (Å²) in [6.45, 7) is 4.12. The van der Waals surface area contributed by atoms with Gasteiger partial charge in [-0.25, -0.2) is 5.12 Å². The normalized spacial score (nSPS) is 12.9. The molecule has 2 heterocycles. The summed E-state index contributed by atoms with van der Waals surface area (Å²) >= 11 is 0. The molecule has 0 N–H and O–H groups in total. The van der Waals surface area contributed by atoms with Gasteiger partial charge >= 0.3 is 0 Å². The maximum absolute atomic E-state index is 13.8. The van der Waals surface area contributed by atoms with E-state index in [0.29, 0.717) is 47.2 Å². The molecule has 2 aromatic carbocycles. The number of fused-ring (bicyclic) bond motifs is 1. The Kier molecular flexibility index (Phi) is 4.24. The van der Waals surface area contributed by atoms with Crippen LogP contribution in [0.4, 0.5) is 10.2 Å². The Morgan fingerprint density at radius 3 is 2.93 bits per heavy atom. The molecule has 0 amide bonds. The minimum Gasteiger partial charge on any atom is -0.490 e. The smallest absolute Gasteiger partial charge is 0.258 e. The Labute approximate surface area is 155 Å². The summed E-state index contributed by atoms with van der Waals surface area (Å²) in [7, 11) is 0. The van der Waals surface area contributed by atoms with Crippen molar-refractivity contribution in [2.45, 2.75) is 26.4 Å². The lowest BCUT2D eigenvalue weighted by molar-refractivity contribution is 0.241. The first kappa shape index (κ1) is 17.0. The number of rotatable bonds is 4. The number of hydrogen-bond acceptors (Lipinski definition) is 6. The molecule has 0 aliphatic carbocycles. The number of anilines is 1. The number of aromatic nitrogens is 2. The van der Waals surface area contributed by atoms with Gasteiger partial charge in [0.05, 0.1) is 23.9 Å². The minimum atomic E-state index is -0.0341. The molecule has 0 radical (unpaired) electrons. The second kappa shape index (κ2) is 6.72. The van der Waals surface area contributed by atoms with E-state index in [0.717, 1.165) is 16.2 Å². The van der Waals surface area contributed by atoms with Crippen molar-refractivity contribution in [2.24, 2.45) is 0 Å². The highest BCUT2D eigenvalue weighted by atomic mass is 19.2. The van der Waals surface area contributed by atoms with Gasteiger partial charge in [0.1, 0.15) is 11.8 Å². The van der Waals surface area contributed by atoms with E-state index in [-0.39, 0.29) is 6.10 Å². The zero-order chi connectivity index (χ0) is 19.0. The van der Waals surface area contributed by atoms with Crippen LogP contribution in [0.25, 0.3) is 22.8 Å². The summed E-state index contributed by atoms with van der Waals surface area (Å²) in [5.41, 5.74) is 3.19. The van der Waals surface area contributed by atoms with Crippen LogP contribution in [0.15, 0.2) is 40.9 Å². The predicted molar refractivity (Wildman–Crippen MR) is 97.8 cm³/mol. The summed E-state index contributed by atoms with van der Waals surface area (Å²) in [5, 5.41) is 14.2. The molecule has 4 rings (SSSR count). The molecular formula is C20H17FN4O2. The molecule has 0 saturated carbocycles. The third kappa shape index (κ3) is 3.10. The standard InChI is InChI=1S/C20H17FN4O2/c1-12(2)26-18-7-6-13(10-14(18)11-22)20-23-19(24-27-20)16-4-3-5-17-15(16)8-9-25(17)21/h3-7,10,12H,8-9H2,1-2H3. The molecule has 1 aromatic heterocycles. The fraction of sp³-hybridized carbons (Fsp3) is 0.250. The molecule has 1 aliphatic heterocycles. The molecular weight excluding hydrogens is 347 g/mol. The van der Waals surface area contributed by atoms with Crippen molar-refractivity contribution in [3.05, 3.63) is 47.5 Å².